The minimum atomic E-state index is 0.189. The summed E-state index contributed by atoms with van der Waals surface area (Å²) < 4.78 is 0. The Bertz CT molecular complexity index is 436. The first-order valence-corrected chi connectivity index (χ1v) is 6.65. The molecular weight excluding hydrogens is 228 g/mol. The Hall–Kier alpha value is -1.59. The van der Waals surface area contributed by atoms with E-state index in [0.717, 1.165) is 19.0 Å². The van der Waals surface area contributed by atoms with Gasteiger partial charge in [-0.15, -0.1) is 0 Å². The van der Waals surface area contributed by atoms with Crippen molar-refractivity contribution in [2.75, 3.05) is 35.7 Å². The number of rotatable bonds is 4. The van der Waals surface area contributed by atoms with Crippen molar-refractivity contribution in [2.45, 2.75) is 38.1 Å². The van der Waals surface area contributed by atoms with Gasteiger partial charge in [-0.05, 0) is 32.6 Å². The fraction of sp³-hybridized carbons (Fsp3) is 0.750. The van der Waals surface area contributed by atoms with Crippen molar-refractivity contribution in [2.24, 2.45) is 0 Å². The highest BCUT2D eigenvalue weighted by Crippen LogP contribution is 2.37. The molecule has 2 N–H and O–H groups in total. The largest absolute Gasteiger partial charge is 0.357 e. The topological polar surface area (TPSA) is 66.0 Å². The molecule has 6 heteroatoms. The van der Waals surface area contributed by atoms with E-state index in [2.05, 4.69) is 37.4 Å². The van der Waals surface area contributed by atoms with Gasteiger partial charge in [-0.2, -0.15) is 15.0 Å². The predicted octanol–water partition coefficient (Wildman–Crippen LogP) is 1.48. The average molecular weight is 248 g/mol. The highest BCUT2D eigenvalue weighted by atomic mass is 15.3. The van der Waals surface area contributed by atoms with Crippen LogP contribution in [0.3, 0.4) is 0 Å². The second kappa shape index (κ2) is 4.26. The van der Waals surface area contributed by atoms with Gasteiger partial charge >= 0.3 is 0 Å². The minimum absolute atomic E-state index is 0.189. The van der Waals surface area contributed by atoms with Gasteiger partial charge < -0.3 is 15.5 Å². The van der Waals surface area contributed by atoms with Crippen LogP contribution in [-0.4, -0.2) is 40.6 Å². The summed E-state index contributed by atoms with van der Waals surface area (Å²) in [6, 6.07) is 0. The van der Waals surface area contributed by atoms with Crippen LogP contribution in [0, 0.1) is 0 Å². The van der Waals surface area contributed by atoms with Crippen LogP contribution < -0.4 is 15.5 Å². The Balaban J connectivity index is 1.85. The van der Waals surface area contributed by atoms with Gasteiger partial charge in [0.05, 0.1) is 0 Å². The Morgan fingerprint density at radius 3 is 2.33 bits per heavy atom. The summed E-state index contributed by atoms with van der Waals surface area (Å²) in [4.78, 5) is 15.6. The number of nitrogens with zero attached hydrogens (tertiary/aromatic N) is 4. The molecule has 0 spiro atoms. The SMILES string of the molecule is CNc1nc(NC2(C)CC2)nc(N2CCCC2)n1. The summed E-state index contributed by atoms with van der Waals surface area (Å²) in [5.41, 5.74) is 0.189. The van der Waals surface area contributed by atoms with Crippen LogP contribution in [0.4, 0.5) is 17.8 Å². The number of anilines is 3. The van der Waals surface area contributed by atoms with E-state index in [9.17, 15) is 0 Å². The van der Waals surface area contributed by atoms with Crippen molar-refractivity contribution in [3.8, 4) is 0 Å². The van der Waals surface area contributed by atoms with Gasteiger partial charge in [-0.25, -0.2) is 0 Å². The fourth-order valence-corrected chi connectivity index (χ4v) is 2.17. The molecular formula is C12H20N6. The van der Waals surface area contributed by atoms with E-state index in [1.54, 1.807) is 0 Å². The number of hydrogen-bond acceptors (Lipinski definition) is 6. The number of aromatic nitrogens is 3. The van der Waals surface area contributed by atoms with Crippen LogP contribution in [0.25, 0.3) is 0 Å². The molecule has 2 fully saturated rings. The lowest BCUT2D eigenvalue weighted by molar-refractivity contribution is 0.798. The van der Waals surface area contributed by atoms with E-state index in [0.29, 0.717) is 11.9 Å². The van der Waals surface area contributed by atoms with Gasteiger partial charge in [0.1, 0.15) is 0 Å². The quantitative estimate of drug-likeness (QED) is 0.841. The van der Waals surface area contributed by atoms with Crippen molar-refractivity contribution >= 4 is 17.8 Å². The third-order valence-electron chi connectivity index (χ3n) is 3.65. The van der Waals surface area contributed by atoms with Gasteiger partial charge in [-0.3, -0.25) is 0 Å². The van der Waals surface area contributed by atoms with Crippen molar-refractivity contribution in [3.05, 3.63) is 0 Å². The Kier molecular flexibility index (Phi) is 2.72. The van der Waals surface area contributed by atoms with Gasteiger partial charge in [0.15, 0.2) is 0 Å². The highest BCUT2D eigenvalue weighted by Gasteiger charge is 2.38. The molecule has 6 nitrogen and oxygen atoms in total. The molecule has 0 bridgehead atoms. The molecule has 2 heterocycles. The summed E-state index contributed by atoms with van der Waals surface area (Å²) in [5, 5.41) is 6.41. The summed E-state index contributed by atoms with van der Waals surface area (Å²) in [5.74, 6) is 2.12. The van der Waals surface area contributed by atoms with E-state index in [1.807, 2.05) is 7.05 Å². The van der Waals surface area contributed by atoms with Crippen LogP contribution in [0.15, 0.2) is 0 Å². The molecule has 1 aromatic rings. The van der Waals surface area contributed by atoms with Gasteiger partial charge in [0, 0.05) is 25.7 Å². The van der Waals surface area contributed by atoms with Crippen molar-refractivity contribution < 1.29 is 0 Å². The molecule has 0 unspecified atom stereocenters. The monoisotopic (exact) mass is 248 g/mol. The second-order valence-electron chi connectivity index (χ2n) is 5.41. The smallest absolute Gasteiger partial charge is 0.231 e. The van der Waals surface area contributed by atoms with Crippen molar-refractivity contribution in [1.82, 2.24) is 15.0 Å². The summed E-state index contributed by atoms with van der Waals surface area (Å²) in [7, 11) is 1.84. The first kappa shape index (κ1) is 11.5. The Labute approximate surface area is 107 Å². The molecule has 1 aliphatic carbocycles. The maximum atomic E-state index is 4.54. The lowest BCUT2D eigenvalue weighted by atomic mass is 10.3. The summed E-state index contributed by atoms with van der Waals surface area (Å²) >= 11 is 0. The zero-order valence-electron chi connectivity index (χ0n) is 11.0. The maximum absolute atomic E-state index is 4.54. The van der Waals surface area contributed by atoms with Crippen molar-refractivity contribution in [1.29, 1.82) is 0 Å². The van der Waals surface area contributed by atoms with Crippen LogP contribution in [0.5, 0.6) is 0 Å². The molecule has 1 aromatic heterocycles. The average Bonchev–Trinajstić information content (AvgIpc) is 2.89. The van der Waals surface area contributed by atoms with E-state index in [4.69, 9.17) is 0 Å². The highest BCUT2D eigenvalue weighted by molar-refractivity contribution is 5.45. The number of hydrogen-bond donors (Lipinski definition) is 2. The first-order chi connectivity index (χ1) is 8.68. The van der Waals surface area contributed by atoms with Crippen molar-refractivity contribution in [3.63, 3.8) is 0 Å². The van der Waals surface area contributed by atoms with E-state index in [-0.39, 0.29) is 5.54 Å². The molecule has 1 saturated heterocycles. The van der Waals surface area contributed by atoms with Crippen LogP contribution in [-0.2, 0) is 0 Å². The Morgan fingerprint density at radius 2 is 1.72 bits per heavy atom. The van der Waals surface area contributed by atoms with E-state index in [1.165, 1.54) is 25.7 Å². The lowest BCUT2D eigenvalue weighted by Gasteiger charge is -2.18. The minimum Gasteiger partial charge on any atom is -0.357 e. The molecule has 2 aliphatic rings. The van der Waals surface area contributed by atoms with E-state index < -0.39 is 0 Å². The van der Waals surface area contributed by atoms with Crippen LogP contribution >= 0.6 is 0 Å². The van der Waals surface area contributed by atoms with E-state index >= 15 is 0 Å². The van der Waals surface area contributed by atoms with Crippen LogP contribution in [0.1, 0.15) is 32.6 Å². The van der Waals surface area contributed by atoms with Gasteiger partial charge in [0.2, 0.25) is 17.8 Å². The third-order valence-corrected chi connectivity index (χ3v) is 3.65. The molecule has 1 saturated carbocycles. The molecule has 98 valence electrons. The standard InChI is InChI=1S/C12H20N6/c1-12(5-6-12)17-10-14-9(13-2)15-11(16-10)18-7-3-4-8-18/h3-8H2,1-2H3,(H2,13,14,15,16,17). The van der Waals surface area contributed by atoms with Crippen LogP contribution in [0.2, 0.25) is 0 Å². The first-order valence-electron chi connectivity index (χ1n) is 6.65. The zero-order valence-corrected chi connectivity index (χ0v) is 11.0. The molecule has 18 heavy (non-hydrogen) atoms. The normalized spacial score (nSPS) is 20.9. The molecule has 0 amide bonds. The summed E-state index contributed by atoms with van der Waals surface area (Å²) in [6.07, 6.45) is 4.82. The molecule has 3 rings (SSSR count). The maximum Gasteiger partial charge on any atom is 0.231 e. The molecule has 1 aliphatic heterocycles. The van der Waals surface area contributed by atoms with Gasteiger partial charge in [0.25, 0.3) is 0 Å². The summed E-state index contributed by atoms with van der Waals surface area (Å²) in [6.45, 7) is 4.29. The predicted molar refractivity (Wildman–Crippen MR) is 72.1 cm³/mol. The fourth-order valence-electron chi connectivity index (χ4n) is 2.17. The molecule has 0 aromatic carbocycles. The molecule has 0 atom stereocenters. The molecule has 0 radical (unpaired) electrons. The lowest BCUT2D eigenvalue weighted by Crippen LogP contribution is -2.24. The zero-order chi connectivity index (χ0) is 12.6. The number of nitrogens with one attached hydrogen (secondary N) is 2. The second-order valence-corrected chi connectivity index (χ2v) is 5.41. The third kappa shape index (κ3) is 2.32. The Morgan fingerprint density at radius 1 is 1.06 bits per heavy atom. The van der Waals surface area contributed by atoms with Gasteiger partial charge in [-0.1, -0.05) is 0 Å².